The molecule has 0 aromatic heterocycles. The second-order valence-corrected chi connectivity index (χ2v) is 3.91. The van der Waals surface area contributed by atoms with Crippen molar-refractivity contribution >= 4 is 36.2 Å². The first kappa shape index (κ1) is 20.4. The monoisotopic (exact) mass is 362 g/mol. The summed E-state index contributed by atoms with van der Waals surface area (Å²) in [7, 11) is 0. The second kappa shape index (κ2) is 9.44. The molecule has 0 atom stereocenters. The van der Waals surface area contributed by atoms with Gasteiger partial charge in [-0.15, -0.1) is 24.8 Å². The Morgan fingerprint density at radius 2 is 1.00 bits per heavy atom. The Hall–Kier alpha value is -2.58. The number of hydrogen-bond donors (Lipinski definition) is 0. The third-order valence-corrected chi connectivity index (χ3v) is 2.55. The van der Waals surface area contributed by atoms with E-state index in [1.165, 1.54) is 48.5 Å². The van der Waals surface area contributed by atoms with Gasteiger partial charge in [0.25, 0.3) is 11.4 Å². The minimum Gasteiger partial charge on any atom is -0.457 e. The quantitative estimate of drug-likeness (QED) is 0.440. The smallest absolute Gasteiger partial charge is 0.269 e. The molecule has 0 spiro atoms. The molecule has 0 saturated heterocycles. The first-order valence-electron chi connectivity index (χ1n) is 5.81. The molecule has 0 fully saturated rings. The van der Waals surface area contributed by atoms with Crippen LogP contribution >= 0.6 is 24.8 Å². The van der Waals surface area contributed by atoms with Gasteiger partial charge in [0.05, 0.1) is 9.85 Å². The van der Waals surface area contributed by atoms with Gasteiger partial charge in [-0.2, -0.15) is 0 Å². The molecule has 0 N–H and O–H groups in total. The zero-order valence-electron chi connectivity index (χ0n) is 11.5. The topological polar surface area (TPSA) is 105 Å². The average Bonchev–Trinajstić information content (AvgIpc) is 2.48. The maximum atomic E-state index is 10.5. The molecule has 23 heavy (non-hydrogen) atoms. The van der Waals surface area contributed by atoms with E-state index in [-0.39, 0.29) is 43.0 Å². The summed E-state index contributed by atoms with van der Waals surface area (Å²) in [5, 5.41) is 21.0. The first-order valence-corrected chi connectivity index (χ1v) is 5.81. The molecule has 10 heteroatoms. The molecule has 8 nitrogen and oxygen atoms in total. The van der Waals surface area contributed by atoms with Gasteiger partial charge < -0.3 is 9.47 Å². The molecule has 124 valence electrons. The van der Waals surface area contributed by atoms with E-state index in [4.69, 9.17) is 9.47 Å². The maximum Gasteiger partial charge on any atom is 0.269 e. The van der Waals surface area contributed by atoms with Crippen LogP contribution in [0.2, 0.25) is 0 Å². The Labute approximate surface area is 143 Å². The van der Waals surface area contributed by atoms with E-state index in [2.05, 4.69) is 0 Å². The minimum absolute atomic E-state index is 0. The summed E-state index contributed by atoms with van der Waals surface area (Å²) in [4.78, 5) is 20.0. The second-order valence-electron chi connectivity index (χ2n) is 3.91. The van der Waals surface area contributed by atoms with Crippen LogP contribution in [0, 0.1) is 20.2 Å². The van der Waals surface area contributed by atoms with Crippen molar-refractivity contribution in [3.8, 4) is 11.5 Å². The predicted molar refractivity (Wildman–Crippen MR) is 86.8 cm³/mol. The molecule has 0 amide bonds. The fourth-order valence-electron chi connectivity index (χ4n) is 1.49. The Kier molecular flexibility index (Phi) is 8.38. The molecule has 0 radical (unpaired) electrons. The Balaban J connectivity index is 0.00000242. The van der Waals surface area contributed by atoms with Gasteiger partial charge in [0, 0.05) is 24.3 Å². The number of ether oxygens (including phenoxy) is 2. The van der Waals surface area contributed by atoms with Crippen LogP contribution in [0.15, 0.2) is 48.5 Å². The minimum atomic E-state index is -0.503. The van der Waals surface area contributed by atoms with E-state index < -0.39 is 9.85 Å². The summed E-state index contributed by atoms with van der Waals surface area (Å²) in [5.41, 5.74) is -0.0581. The van der Waals surface area contributed by atoms with Crippen molar-refractivity contribution in [2.24, 2.45) is 0 Å². The lowest BCUT2D eigenvalue weighted by molar-refractivity contribution is -0.385. The van der Waals surface area contributed by atoms with Crippen LogP contribution < -0.4 is 9.47 Å². The number of benzene rings is 2. The SMILES string of the molecule is Cl.Cl.O=[N+]([O-])c1ccc(OCOc2ccc([N+](=O)[O-])cc2)cc1. The third-order valence-electron chi connectivity index (χ3n) is 2.55. The first-order chi connectivity index (χ1) is 10.1. The lowest BCUT2D eigenvalue weighted by Crippen LogP contribution is -2.05. The number of nitro groups is 2. The van der Waals surface area contributed by atoms with Gasteiger partial charge in [-0.25, -0.2) is 0 Å². The van der Waals surface area contributed by atoms with Gasteiger partial charge in [0.15, 0.2) is 0 Å². The van der Waals surface area contributed by atoms with Crippen LogP contribution in [0.25, 0.3) is 0 Å². The van der Waals surface area contributed by atoms with Gasteiger partial charge in [-0.3, -0.25) is 20.2 Å². The van der Waals surface area contributed by atoms with Crippen LogP contribution in [0.5, 0.6) is 11.5 Å². The summed E-state index contributed by atoms with van der Waals surface area (Å²) >= 11 is 0. The van der Waals surface area contributed by atoms with Gasteiger partial charge in [0.1, 0.15) is 11.5 Å². The zero-order chi connectivity index (χ0) is 15.2. The normalized spacial score (nSPS) is 9.04. The van der Waals surface area contributed by atoms with Crippen molar-refractivity contribution in [3.63, 3.8) is 0 Å². The molecule has 0 aliphatic rings. The molecule has 0 heterocycles. The Morgan fingerprint density at radius 3 is 1.26 bits per heavy atom. The molecule has 2 rings (SSSR count). The largest absolute Gasteiger partial charge is 0.457 e. The summed E-state index contributed by atoms with van der Waals surface area (Å²) in [6, 6.07) is 11.1. The van der Waals surface area contributed by atoms with Crippen LogP contribution in [0.4, 0.5) is 11.4 Å². The number of rotatable bonds is 6. The molecule has 0 aliphatic heterocycles. The van der Waals surface area contributed by atoms with Crippen LogP contribution in [-0.2, 0) is 0 Å². The van der Waals surface area contributed by atoms with E-state index >= 15 is 0 Å². The van der Waals surface area contributed by atoms with Gasteiger partial charge in [-0.1, -0.05) is 0 Å². The van der Waals surface area contributed by atoms with Gasteiger partial charge >= 0.3 is 0 Å². The third kappa shape index (κ3) is 5.97. The summed E-state index contributed by atoms with van der Waals surface area (Å²) < 4.78 is 10.5. The standard InChI is InChI=1S/C13H10N2O6.2ClH/c16-14(17)10-1-5-12(6-2-10)20-9-21-13-7-3-11(4-8-13)15(18)19;;/h1-8H,9H2;2*1H. The maximum absolute atomic E-state index is 10.5. The molecule has 0 aliphatic carbocycles. The zero-order valence-corrected chi connectivity index (χ0v) is 13.1. The van der Waals surface area contributed by atoms with Crippen molar-refractivity contribution in [1.29, 1.82) is 0 Å². The van der Waals surface area contributed by atoms with Crippen molar-refractivity contribution in [2.75, 3.05) is 6.79 Å². The lowest BCUT2D eigenvalue weighted by atomic mass is 10.3. The number of nitrogens with zero attached hydrogens (tertiary/aromatic N) is 2. The van der Waals surface area contributed by atoms with E-state index in [1.54, 1.807) is 0 Å². The van der Waals surface area contributed by atoms with E-state index in [9.17, 15) is 20.2 Å². The van der Waals surface area contributed by atoms with Gasteiger partial charge in [-0.05, 0) is 24.3 Å². The van der Waals surface area contributed by atoms with E-state index in [0.717, 1.165) is 0 Å². The van der Waals surface area contributed by atoms with E-state index in [0.29, 0.717) is 11.5 Å². The summed E-state index contributed by atoms with van der Waals surface area (Å²) in [6.45, 7) is -0.115. The molecular weight excluding hydrogens is 351 g/mol. The van der Waals surface area contributed by atoms with Crippen molar-refractivity contribution in [2.45, 2.75) is 0 Å². The predicted octanol–water partition coefficient (Wildman–Crippen LogP) is 3.76. The molecule has 2 aromatic rings. The highest BCUT2D eigenvalue weighted by atomic mass is 35.5. The van der Waals surface area contributed by atoms with Crippen molar-refractivity contribution < 1.29 is 19.3 Å². The molecule has 2 aromatic carbocycles. The fraction of sp³-hybridized carbons (Fsp3) is 0.0769. The van der Waals surface area contributed by atoms with Crippen LogP contribution in [0.1, 0.15) is 0 Å². The Morgan fingerprint density at radius 1 is 0.696 bits per heavy atom. The van der Waals surface area contributed by atoms with Crippen LogP contribution in [0.3, 0.4) is 0 Å². The van der Waals surface area contributed by atoms with Crippen molar-refractivity contribution in [1.82, 2.24) is 0 Å². The fourth-order valence-corrected chi connectivity index (χ4v) is 1.49. The summed E-state index contributed by atoms with van der Waals surface area (Å²) in [5.74, 6) is 0.838. The highest BCUT2D eigenvalue weighted by molar-refractivity contribution is 5.85. The number of halogens is 2. The number of nitro benzene ring substituents is 2. The highest BCUT2D eigenvalue weighted by Crippen LogP contribution is 2.19. The molecule has 0 unspecified atom stereocenters. The van der Waals surface area contributed by atoms with Crippen molar-refractivity contribution in [3.05, 3.63) is 68.8 Å². The average molecular weight is 363 g/mol. The number of non-ortho nitro benzene ring substituents is 2. The Bertz CT molecular complexity index is 591. The molecular formula is C13H12Cl2N2O6. The lowest BCUT2D eigenvalue weighted by Gasteiger charge is -2.08. The number of hydrogen-bond acceptors (Lipinski definition) is 6. The molecule has 0 bridgehead atoms. The van der Waals surface area contributed by atoms with Crippen LogP contribution in [-0.4, -0.2) is 16.6 Å². The van der Waals surface area contributed by atoms with E-state index in [1.807, 2.05) is 0 Å². The highest BCUT2D eigenvalue weighted by Gasteiger charge is 2.06. The molecule has 0 saturated carbocycles. The van der Waals surface area contributed by atoms with Gasteiger partial charge in [0.2, 0.25) is 6.79 Å². The summed E-state index contributed by atoms with van der Waals surface area (Å²) in [6.07, 6.45) is 0.